The van der Waals surface area contributed by atoms with Crippen molar-refractivity contribution in [1.29, 1.82) is 0 Å². The predicted molar refractivity (Wildman–Crippen MR) is 230 cm³/mol. The highest BCUT2D eigenvalue weighted by atomic mass is 32.2. The molecule has 1 N–H and O–H groups in total. The Morgan fingerprint density at radius 2 is 1.62 bits per heavy atom. The van der Waals surface area contributed by atoms with Gasteiger partial charge in [0.15, 0.2) is 0 Å². The van der Waals surface area contributed by atoms with Gasteiger partial charge in [0, 0.05) is 57.7 Å². The highest BCUT2D eigenvalue weighted by Gasteiger charge is 2.46. The maximum absolute atomic E-state index is 15.2. The van der Waals surface area contributed by atoms with E-state index in [1.165, 1.54) is 18.2 Å². The van der Waals surface area contributed by atoms with Gasteiger partial charge in [0.05, 0.1) is 27.6 Å². The molecule has 0 aliphatic carbocycles. The Bertz CT molecular complexity index is 2470. The molecule has 0 saturated carbocycles. The van der Waals surface area contributed by atoms with E-state index in [0.29, 0.717) is 18.7 Å². The quantitative estimate of drug-likeness (QED) is 0.0843. The maximum atomic E-state index is 15.2. The Balaban J connectivity index is 0.903. The Morgan fingerprint density at radius 1 is 0.852 bits per heavy atom. The highest BCUT2D eigenvalue weighted by molar-refractivity contribution is 7.91. The third-order valence-electron chi connectivity index (χ3n) is 12.0. The first-order chi connectivity index (χ1) is 29.2. The van der Waals surface area contributed by atoms with Crippen molar-refractivity contribution >= 4 is 58.8 Å². The fourth-order valence-corrected chi connectivity index (χ4v) is 10.6. The molecule has 4 aromatic carbocycles. The van der Waals surface area contributed by atoms with Gasteiger partial charge in [-0.15, -0.1) is 0 Å². The number of nitrogens with zero attached hydrogens (tertiary/aromatic N) is 4. The molecular formula is C45H50FN5O8SSi. The molecule has 0 radical (unpaired) electrons. The van der Waals surface area contributed by atoms with Gasteiger partial charge in [-0.2, -0.15) is 0 Å². The summed E-state index contributed by atoms with van der Waals surface area (Å²) in [6, 6.07) is 25.3. The molecule has 61 heavy (non-hydrogen) atoms. The summed E-state index contributed by atoms with van der Waals surface area (Å²) in [6.07, 6.45) is 1.38. The average molecular weight is 868 g/mol. The van der Waals surface area contributed by atoms with Gasteiger partial charge >= 0.3 is 6.09 Å². The number of halogens is 1. The number of ether oxygens (including phenoxy) is 2. The van der Waals surface area contributed by atoms with Crippen molar-refractivity contribution in [2.75, 3.05) is 41.5 Å². The van der Waals surface area contributed by atoms with Crippen LogP contribution in [0.25, 0.3) is 0 Å². The van der Waals surface area contributed by atoms with E-state index in [2.05, 4.69) is 34.8 Å². The molecule has 3 unspecified atom stereocenters. The second-order valence-corrected chi connectivity index (χ2v) is 24.9. The monoisotopic (exact) mass is 867 g/mol. The number of piperidine rings is 2. The number of imide groups is 1. The van der Waals surface area contributed by atoms with Crippen molar-refractivity contribution < 1.29 is 41.5 Å². The zero-order valence-corrected chi connectivity index (χ0v) is 36.3. The zero-order chi connectivity index (χ0) is 43.1. The lowest BCUT2D eigenvalue weighted by molar-refractivity contribution is -0.158. The number of rotatable bonds is 13. The summed E-state index contributed by atoms with van der Waals surface area (Å²) >= 11 is 0. The normalized spacial score (nSPS) is 20.3. The van der Waals surface area contributed by atoms with E-state index in [0.717, 1.165) is 58.9 Å². The minimum atomic E-state index is -4.12. The molecule has 4 aliphatic rings. The van der Waals surface area contributed by atoms with Crippen LogP contribution in [0.4, 0.5) is 26.2 Å². The first-order valence-electron chi connectivity index (χ1n) is 20.7. The third-order valence-corrected chi connectivity index (χ3v) is 15.5. The van der Waals surface area contributed by atoms with Crippen LogP contribution < -0.4 is 15.1 Å². The molecule has 3 saturated heterocycles. The molecule has 3 atom stereocenters. The van der Waals surface area contributed by atoms with Crippen LogP contribution in [0.5, 0.6) is 0 Å². The molecule has 4 heterocycles. The van der Waals surface area contributed by atoms with Crippen molar-refractivity contribution in [3.63, 3.8) is 0 Å². The van der Waals surface area contributed by atoms with Crippen molar-refractivity contribution in [3.05, 3.63) is 114 Å². The van der Waals surface area contributed by atoms with Gasteiger partial charge in [-0.3, -0.25) is 24.6 Å². The zero-order valence-electron chi connectivity index (χ0n) is 34.5. The minimum absolute atomic E-state index is 0.00579. The maximum Gasteiger partial charge on any atom is 0.412 e. The average Bonchev–Trinajstić information content (AvgIpc) is 3.55. The first kappa shape index (κ1) is 42.1. The van der Waals surface area contributed by atoms with E-state index in [1.807, 2.05) is 42.5 Å². The number of fused-ring (bicyclic) bond motifs is 2. The summed E-state index contributed by atoms with van der Waals surface area (Å²) in [5, 5.41) is 2.34. The van der Waals surface area contributed by atoms with Crippen LogP contribution in [0.1, 0.15) is 47.2 Å². The summed E-state index contributed by atoms with van der Waals surface area (Å²) in [5.41, 5.74) is 3.67. The number of amides is 4. The van der Waals surface area contributed by atoms with Crippen LogP contribution in [-0.4, -0.2) is 94.7 Å². The fraction of sp³-hybridized carbons (Fsp3) is 0.378. The highest BCUT2D eigenvalue weighted by Crippen LogP contribution is 2.41. The molecule has 3 fully saturated rings. The summed E-state index contributed by atoms with van der Waals surface area (Å²) in [6.45, 7) is 8.77. The molecule has 4 aliphatic heterocycles. The molecule has 0 spiro atoms. The second-order valence-electron chi connectivity index (χ2n) is 17.3. The second kappa shape index (κ2) is 17.1. The molecule has 8 rings (SSSR count). The number of hydrogen-bond donors (Lipinski definition) is 1. The smallest absolute Gasteiger partial charge is 0.412 e. The summed E-state index contributed by atoms with van der Waals surface area (Å²) in [7, 11) is -5.47. The number of carbonyl (C=O) groups excluding carboxylic acids is 4. The molecule has 320 valence electrons. The van der Waals surface area contributed by atoms with E-state index >= 15 is 4.39 Å². The lowest BCUT2D eigenvalue weighted by Crippen LogP contribution is -2.69. The molecular weight excluding hydrogens is 818 g/mol. The molecule has 0 aromatic heterocycles. The van der Waals surface area contributed by atoms with E-state index < -0.39 is 41.8 Å². The van der Waals surface area contributed by atoms with Crippen LogP contribution in [-0.2, 0) is 42.1 Å². The number of nitrogens with one attached hydrogen (secondary N) is 1. The minimum Gasteiger partial charge on any atom is -0.444 e. The lowest BCUT2D eigenvalue weighted by atomic mass is 9.85. The summed E-state index contributed by atoms with van der Waals surface area (Å²) in [4.78, 5) is 59.3. The topological polar surface area (TPSA) is 146 Å². The van der Waals surface area contributed by atoms with Crippen molar-refractivity contribution in [2.45, 2.75) is 92.4 Å². The van der Waals surface area contributed by atoms with Gasteiger partial charge in [-0.25, -0.2) is 17.6 Å². The van der Waals surface area contributed by atoms with E-state index in [9.17, 15) is 27.6 Å². The largest absolute Gasteiger partial charge is 0.444 e. The van der Waals surface area contributed by atoms with E-state index in [4.69, 9.17) is 9.47 Å². The van der Waals surface area contributed by atoms with E-state index in [1.54, 1.807) is 29.2 Å². The Labute approximate surface area is 356 Å². The number of sulfone groups is 1. The van der Waals surface area contributed by atoms with Crippen LogP contribution in [0.3, 0.4) is 0 Å². The fourth-order valence-electron chi connectivity index (χ4n) is 8.58. The van der Waals surface area contributed by atoms with Crippen LogP contribution in [0.15, 0.2) is 101 Å². The van der Waals surface area contributed by atoms with Gasteiger partial charge in [-0.1, -0.05) is 56.0 Å². The van der Waals surface area contributed by atoms with Crippen molar-refractivity contribution in [3.8, 4) is 0 Å². The van der Waals surface area contributed by atoms with Gasteiger partial charge in [-0.05, 0) is 91.0 Å². The molecule has 13 nitrogen and oxygen atoms in total. The Morgan fingerprint density at radius 3 is 2.39 bits per heavy atom. The number of benzene rings is 4. The van der Waals surface area contributed by atoms with Gasteiger partial charge in [0.1, 0.15) is 25.2 Å². The number of hydrogen-bond acceptors (Lipinski definition) is 10. The summed E-state index contributed by atoms with van der Waals surface area (Å²) < 4.78 is 53.7. The van der Waals surface area contributed by atoms with E-state index in [-0.39, 0.29) is 72.1 Å². The molecule has 4 aromatic rings. The van der Waals surface area contributed by atoms with Crippen LogP contribution >= 0.6 is 0 Å². The standard InChI is InChI=1S/C45H50FN5O8SSi/c1-61(2,3)22-21-58-29-51-42(52)19-18-40(44(51)54)50-26-31-23-33(14-16-36(31)43(50)53)49-27-41-39(49)13-8-20-48(41)32-11-7-12-34(24-32)60(56,57)35-15-17-38(37(46)25-35)47-45(55)59-28-30-9-5-4-6-10-30/h4-7,9-12,14-17,23-25,39-41H,8,13,18-22,26-29H2,1-3H3,(H,47,55). The molecule has 0 bridgehead atoms. The number of anilines is 3. The lowest BCUT2D eigenvalue weighted by Gasteiger charge is -2.57. The van der Waals surface area contributed by atoms with Gasteiger partial charge < -0.3 is 24.2 Å². The van der Waals surface area contributed by atoms with Crippen molar-refractivity contribution in [2.24, 2.45) is 0 Å². The number of likely N-dealkylation sites (tertiary alicyclic amines) is 1. The summed E-state index contributed by atoms with van der Waals surface area (Å²) in [5.74, 6) is -1.81. The van der Waals surface area contributed by atoms with Crippen molar-refractivity contribution in [1.82, 2.24) is 9.80 Å². The third kappa shape index (κ3) is 8.79. The molecule has 16 heteroatoms. The van der Waals surface area contributed by atoms with Gasteiger partial charge in [0.2, 0.25) is 15.7 Å². The predicted octanol–water partition coefficient (Wildman–Crippen LogP) is 7.05. The number of carbonyl (C=O) groups is 4. The van der Waals surface area contributed by atoms with Crippen LogP contribution in [0.2, 0.25) is 25.7 Å². The Hall–Kier alpha value is -5.58. The molecule has 4 amide bonds. The van der Waals surface area contributed by atoms with Crippen LogP contribution in [0, 0.1) is 5.82 Å². The SMILES string of the molecule is C[Si](C)(C)CCOCN1C(=O)CCC(N2Cc3cc(N4CC5C4CCCN5c4cccc(S(=O)(=O)c5ccc(NC(=O)OCc6ccccc6)c(F)c5)c4)ccc3C2=O)C1=O. The van der Waals surface area contributed by atoms with Gasteiger partial charge in [0.25, 0.3) is 11.8 Å². The Kier molecular flexibility index (Phi) is 11.8. The first-order valence-corrected chi connectivity index (χ1v) is 25.9.